The first-order chi connectivity index (χ1) is 10.4. The smallest absolute Gasteiger partial charge is 0.216 e. The number of nitrogens with zero attached hydrogens (tertiary/aromatic N) is 1. The largest absolute Gasteiger partial charge is 0.508 e. The molecule has 1 aliphatic rings. The number of nitrogens with one attached hydrogen (secondary N) is 1. The third-order valence-corrected chi connectivity index (χ3v) is 4.40. The van der Waals surface area contributed by atoms with E-state index in [-0.39, 0.29) is 29.5 Å². The van der Waals surface area contributed by atoms with Gasteiger partial charge in [-0.2, -0.15) is 0 Å². The molecule has 1 aromatic rings. The summed E-state index contributed by atoms with van der Waals surface area (Å²) in [5.74, 6) is -0.0297. The minimum Gasteiger partial charge on any atom is -0.508 e. The molecule has 3 atom stereocenters. The van der Waals surface area contributed by atoms with Crippen LogP contribution >= 0.6 is 0 Å². The topological polar surface area (TPSA) is 69.6 Å². The monoisotopic (exact) mass is 302 g/mol. The Bertz CT molecular complexity index is 612. The van der Waals surface area contributed by atoms with Gasteiger partial charge in [-0.15, -0.1) is 6.58 Å². The highest BCUT2D eigenvalue weighted by atomic mass is 16.3. The van der Waals surface area contributed by atoms with Crippen LogP contribution in [0.2, 0.25) is 0 Å². The molecule has 2 N–H and O–H groups in total. The zero-order valence-electron chi connectivity index (χ0n) is 13.2. The van der Waals surface area contributed by atoms with E-state index in [0.29, 0.717) is 6.54 Å². The van der Waals surface area contributed by atoms with Crippen molar-refractivity contribution in [2.45, 2.75) is 38.6 Å². The summed E-state index contributed by atoms with van der Waals surface area (Å²) >= 11 is 0. The lowest BCUT2D eigenvalue weighted by molar-refractivity contribution is -0.119. The molecule has 5 heteroatoms. The molecule has 5 nitrogen and oxygen atoms in total. The highest BCUT2D eigenvalue weighted by Gasteiger charge is 2.38. The maximum absolute atomic E-state index is 11.5. The average Bonchev–Trinajstić information content (AvgIpc) is 2.75. The SMILES string of the molecule is C=CC(C)c1c(O)ccc2c1C(CNC(C)=O)C(C)N2C=O. The molecule has 0 saturated carbocycles. The van der Waals surface area contributed by atoms with Gasteiger partial charge < -0.3 is 15.3 Å². The average molecular weight is 302 g/mol. The molecule has 0 aliphatic carbocycles. The number of allylic oxidation sites excluding steroid dienone is 1. The minimum absolute atomic E-state index is 0.0476. The maximum Gasteiger partial charge on any atom is 0.216 e. The molecular formula is C17H22N2O3. The van der Waals surface area contributed by atoms with Gasteiger partial charge in [0.2, 0.25) is 12.3 Å². The van der Waals surface area contributed by atoms with Crippen LogP contribution in [0.4, 0.5) is 5.69 Å². The van der Waals surface area contributed by atoms with E-state index in [0.717, 1.165) is 23.2 Å². The number of carbonyl (C=O) groups excluding carboxylic acids is 2. The van der Waals surface area contributed by atoms with Crippen LogP contribution < -0.4 is 10.2 Å². The molecule has 1 heterocycles. The number of hydrogen-bond donors (Lipinski definition) is 2. The normalized spacial score (nSPS) is 21.1. The van der Waals surface area contributed by atoms with E-state index in [1.807, 2.05) is 13.8 Å². The minimum atomic E-state index is -0.114. The summed E-state index contributed by atoms with van der Waals surface area (Å²) in [6.07, 6.45) is 2.57. The fourth-order valence-corrected chi connectivity index (χ4v) is 3.16. The van der Waals surface area contributed by atoms with Crippen LogP contribution in [0.25, 0.3) is 0 Å². The lowest BCUT2D eigenvalue weighted by Gasteiger charge is -2.22. The van der Waals surface area contributed by atoms with E-state index < -0.39 is 0 Å². The van der Waals surface area contributed by atoms with Crippen molar-refractivity contribution in [2.24, 2.45) is 0 Å². The first-order valence-electron chi connectivity index (χ1n) is 7.38. The lowest BCUT2D eigenvalue weighted by atomic mass is 9.86. The van der Waals surface area contributed by atoms with Crippen molar-refractivity contribution in [1.82, 2.24) is 5.32 Å². The molecule has 0 bridgehead atoms. The molecule has 118 valence electrons. The van der Waals surface area contributed by atoms with Crippen LogP contribution in [0.15, 0.2) is 24.8 Å². The molecule has 0 radical (unpaired) electrons. The van der Waals surface area contributed by atoms with Crippen molar-refractivity contribution >= 4 is 18.0 Å². The van der Waals surface area contributed by atoms with E-state index in [1.54, 1.807) is 23.1 Å². The third kappa shape index (κ3) is 2.58. The number of fused-ring (bicyclic) bond motifs is 1. The van der Waals surface area contributed by atoms with Crippen molar-refractivity contribution in [2.75, 3.05) is 11.4 Å². The fourth-order valence-electron chi connectivity index (χ4n) is 3.16. The fraction of sp³-hybridized carbons (Fsp3) is 0.412. The van der Waals surface area contributed by atoms with Gasteiger partial charge in [0, 0.05) is 42.6 Å². The maximum atomic E-state index is 11.5. The van der Waals surface area contributed by atoms with E-state index in [2.05, 4.69) is 11.9 Å². The Kier molecular flexibility index (Phi) is 4.54. The van der Waals surface area contributed by atoms with Gasteiger partial charge in [-0.3, -0.25) is 9.59 Å². The van der Waals surface area contributed by atoms with Gasteiger partial charge in [-0.05, 0) is 24.6 Å². The van der Waals surface area contributed by atoms with E-state index in [1.165, 1.54) is 6.92 Å². The standard InChI is InChI=1S/C17H22N2O3/c1-5-10(2)16-15(22)7-6-14-17(16)13(8-18-12(4)21)11(3)19(14)9-20/h5-7,9-11,13,22H,1,8H2,2-4H3,(H,18,21). The number of benzene rings is 1. The zero-order chi connectivity index (χ0) is 16.4. The van der Waals surface area contributed by atoms with Crippen LogP contribution in [-0.4, -0.2) is 30.0 Å². The van der Waals surface area contributed by atoms with Gasteiger partial charge in [-0.1, -0.05) is 13.0 Å². The van der Waals surface area contributed by atoms with E-state index in [4.69, 9.17) is 0 Å². The first-order valence-corrected chi connectivity index (χ1v) is 7.38. The van der Waals surface area contributed by atoms with E-state index >= 15 is 0 Å². The number of carbonyl (C=O) groups is 2. The number of anilines is 1. The quantitative estimate of drug-likeness (QED) is 0.647. The van der Waals surface area contributed by atoms with Gasteiger partial charge >= 0.3 is 0 Å². The highest BCUT2D eigenvalue weighted by molar-refractivity contribution is 5.84. The van der Waals surface area contributed by atoms with E-state index in [9.17, 15) is 14.7 Å². The van der Waals surface area contributed by atoms with Crippen molar-refractivity contribution in [3.63, 3.8) is 0 Å². The number of aromatic hydroxyl groups is 1. The predicted molar refractivity (Wildman–Crippen MR) is 86.1 cm³/mol. The molecule has 0 fully saturated rings. The summed E-state index contributed by atoms with van der Waals surface area (Å²) < 4.78 is 0. The van der Waals surface area contributed by atoms with Gasteiger partial charge in [0.15, 0.2) is 0 Å². The van der Waals surface area contributed by atoms with Crippen LogP contribution in [0.3, 0.4) is 0 Å². The summed E-state index contributed by atoms with van der Waals surface area (Å²) in [6.45, 7) is 9.58. The Balaban J connectivity index is 2.58. The van der Waals surface area contributed by atoms with Crippen molar-refractivity contribution < 1.29 is 14.7 Å². The van der Waals surface area contributed by atoms with Gasteiger partial charge in [0.05, 0.1) is 0 Å². The third-order valence-electron chi connectivity index (χ3n) is 4.40. The summed E-state index contributed by atoms with van der Waals surface area (Å²) in [5, 5.41) is 13.1. The Labute approximate surface area is 130 Å². The Hall–Kier alpha value is -2.30. The second kappa shape index (κ2) is 6.22. The van der Waals surface area contributed by atoms with Crippen molar-refractivity contribution in [1.29, 1.82) is 0 Å². The second-order valence-corrected chi connectivity index (χ2v) is 5.75. The van der Waals surface area contributed by atoms with Gasteiger partial charge in [-0.25, -0.2) is 0 Å². The number of phenolic OH excluding ortho intramolecular Hbond substituents is 1. The Morgan fingerprint density at radius 1 is 1.55 bits per heavy atom. The molecule has 1 aliphatic heterocycles. The second-order valence-electron chi connectivity index (χ2n) is 5.75. The van der Waals surface area contributed by atoms with Crippen LogP contribution in [-0.2, 0) is 9.59 Å². The summed E-state index contributed by atoms with van der Waals surface area (Å²) in [4.78, 5) is 24.4. The van der Waals surface area contributed by atoms with Crippen molar-refractivity contribution in [3.8, 4) is 5.75 Å². The van der Waals surface area contributed by atoms with Crippen molar-refractivity contribution in [3.05, 3.63) is 35.9 Å². The van der Waals surface area contributed by atoms with Crippen LogP contribution in [0, 0.1) is 0 Å². The molecular weight excluding hydrogens is 280 g/mol. The van der Waals surface area contributed by atoms with Crippen LogP contribution in [0.1, 0.15) is 43.7 Å². The Morgan fingerprint density at radius 2 is 2.23 bits per heavy atom. The summed E-state index contributed by atoms with van der Waals surface area (Å²) in [7, 11) is 0. The summed E-state index contributed by atoms with van der Waals surface area (Å²) in [5.41, 5.74) is 2.49. The van der Waals surface area contributed by atoms with Crippen LogP contribution in [0.5, 0.6) is 5.75 Å². The molecule has 22 heavy (non-hydrogen) atoms. The molecule has 0 spiro atoms. The molecule has 2 rings (SSSR count). The number of hydrogen-bond acceptors (Lipinski definition) is 3. The van der Waals surface area contributed by atoms with Gasteiger partial charge in [0.1, 0.15) is 5.75 Å². The number of rotatable bonds is 5. The lowest BCUT2D eigenvalue weighted by Crippen LogP contribution is -2.35. The Morgan fingerprint density at radius 3 is 2.77 bits per heavy atom. The molecule has 0 aromatic heterocycles. The number of amides is 2. The molecule has 2 amide bonds. The highest BCUT2D eigenvalue weighted by Crippen LogP contribution is 2.47. The molecule has 0 saturated heterocycles. The molecule has 1 aromatic carbocycles. The first kappa shape index (κ1) is 16.1. The zero-order valence-corrected chi connectivity index (χ0v) is 13.2. The summed E-state index contributed by atoms with van der Waals surface area (Å²) in [6, 6.07) is 3.28. The predicted octanol–water partition coefficient (Wildman–Crippen LogP) is 2.27. The molecule has 3 unspecified atom stereocenters. The number of phenols is 1. The van der Waals surface area contributed by atoms with Gasteiger partial charge in [0.25, 0.3) is 0 Å².